The van der Waals surface area contributed by atoms with Crippen molar-refractivity contribution in [1.82, 2.24) is 10.2 Å². The van der Waals surface area contributed by atoms with Crippen LogP contribution >= 0.6 is 0 Å². The standard InChI is InChI=1S/C37H43N3O4S/c1-6-22-38-37(42)35(24-31-13-8-7-9-14-31)39(25-32-15-11-10-12-29(32)4)36(41)26-40(34-23-28(3)16-19-30(34)5)45(43,44)33-20-17-27(2)18-21-33/h7-21,23,35H,6,22,24-26H2,1-5H3,(H,38,42)/t35-/m1/s1. The van der Waals surface area contributed by atoms with Gasteiger partial charge in [0.1, 0.15) is 12.6 Å². The van der Waals surface area contributed by atoms with Crippen LogP contribution in [0.4, 0.5) is 5.69 Å². The molecule has 8 heteroatoms. The summed E-state index contributed by atoms with van der Waals surface area (Å²) in [5.41, 5.74) is 5.69. The van der Waals surface area contributed by atoms with Gasteiger partial charge in [0, 0.05) is 19.5 Å². The molecule has 0 aliphatic heterocycles. The molecule has 1 atom stereocenters. The number of hydrogen-bond donors (Lipinski definition) is 1. The van der Waals surface area contributed by atoms with E-state index in [-0.39, 0.29) is 23.8 Å². The van der Waals surface area contributed by atoms with Gasteiger partial charge in [-0.1, -0.05) is 91.3 Å². The van der Waals surface area contributed by atoms with Gasteiger partial charge in [-0.2, -0.15) is 0 Å². The van der Waals surface area contributed by atoms with Crippen molar-refractivity contribution in [3.8, 4) is 0 Å². The maximum atomic E-state index is 14.6. The molecule has 4 aromatic carbocycles. The SMILES string of the molecule is CCCNC(=O)[C@@H](Cc1ccccc1)N(Cc1ccccc1C)C(=O)CN(c1cc(C)ccc1C)S(=O)(=O)c1ccc(C)cc1. The van der Waals surface area contributed by atoms with Crippen LogP contribution in [0.25, 0.3) is 0 Å². The normalized spacial score (nSPS) is 11.9. The van der Waals surface area contributed by atoms with Gasteiger partial charge in [0.05, 0.1) is 10.6 Å². The maximum absolute atomic E-state index is 14.6. The lowest BCUT2D eigenvalue weighted by Gasteiger charge is -2.34. The lowest BCUT2D eigenvalue weighted by atomic mass is 10.0. The fraction of sp³-hybridized carbons (Fsp3) is 0.297. The van der Waals surface area contributed by atoms with Crippen LogP contribution in [-0.4, -0.2) is 44.3 Å². The van der Waals surface area contributed by atoms with Gasteiger partial charge in [0.15, 0.2) is 0 Å². The van der Waals surface area contributed by atoms with Crippen LogP contribution in [0.5, 0.6) is 0 Å². The molecule has 0 bridgehead atoms. The number of anilines is 1. The third-order valence-electron chi connectivity index (χ3n) is 7.94. The first kappa shape index (κ1) is 33.5. The zero-order chi connectivity index (χ0) is 32.6. The minimum absolute atomic E-state index is 0.0915. The summed E-state index contributed by atoms with van der Waals surface area (Å²) in [6.45, 7) is 9.69. The van der Waals surface area contributed by atoms with Crippen LogP contribution in [0, 0.1) is 27.7 Å². The minimum Gasteiger partial charge on any atom is -0.354 e. The molecule has 1 N–H and O–H groups in total. The van der Waals surface area contributed by atoms with E-state index in [0.29, 0.717) is 12.2 Å². The summed E-state index contributed by atoms with van der Waals surface area (Å²) in [4.78, 5) is 30.1. The van der Waals surface area contributed by atoms with E-state index in [2.05, 4.69) is 5.32 Å². The lowest BCUT2D eigenvalue weighted by Crippen LogP contribution is -2.53. The fourth-order valence-corrected chi connectivity index (χ4v) is 6.70. The van der Waals surface area contributed by atoms with Gasteiger partial charge in [0.2, 0.25) is 11.8 Å². The molecule has 0 heterocycles. The van der Waals surface area contributed by atoms with Crippen molar-refractivity contribution in [3.63, 3.8) is 0 Å². The van der Waals surface area contributed by atoms with E-state index >= 15 is 0 Å². The summed E-state index contributed by atoms with van der Waals surface area (Å²) in [7, 11) is -4.15. The first-order valence-corrected chi connectivity index (χ1v) is 16.8. The molecule has 0 aliphatic rings. The number of benzene rings is 4. The summed E-state index contributed by atoms with van der Waals surface area (Å²) in [6, 6.07) is 28.6. The Morgan fingerprint density at radius 3 is 2.09 bits per heavy atom. The van der Waals surface area contributed by atoms with Gasteiger partial charge >= 0.3 is 0 Å². The van der Waals surface area contributed by atoms with Gasteiger partial charge in [-0.25, -0.2) is 8.42 Å². The van der Waals surface area contributed by atoms with Crippen LogP contribution in [0.15, 0.2) is 102 Å². The van der Waals surface area contributed by atoms with E-state index in [0.717, 1.165) is 39.8 Å². The van der Waals surface area contributed by atoms with E-state index in [1.54, 1.807) is 35.2 Å². The van der Waals surface area contributed by atoms with E-state index in [1.165, 1.54) is 4.31 Å². The monoisotopic (exact) mass is 625 g/mol. The van der Waals surface area contributed by atoms with Crippen molar-refractivity contribution < 1.29 is 18.0 Å². The third-order valence-corrected chi connectivity index (χ3v) is 9.72. The molecular formula is C37H43N3O4S. The predicted molar refractivity (Wildman–Crippen MR) is 181 cm³/mol. The largest absolute Gasteiger partial charge is 0.354 e. The fourth-order valence-electron chi connectivity index (χ4n) is 5.23. The van der Waals surface area contributed by atoms with Gasteiger partial charge in [-0.15, -0.1) is 0 Å². The van der Waals surface area contributed by atoms with Crippen LogP contribution in [0.3, 0.4) is 0 Å². The Morgan fingerprint density at radius 2 is 1.42 bits per heavy atom. The number of carbonyl (C=O) groups excluding carboxylic acids is 2. The Morgan fingerprint density at radius 1 is 0.778 bits per heavy atom. The molecule has 45 heavy (non-hydrogen) atoms. The Bertz CT molecular complexity index is 1720. The molecule has 0 saturated heterocycles. The van der Waals surface area contributed by atoms with E-state index < -0.39 is 28.5 Å². The van der Waals surface area contributed by atoms with Crippen molar-refractivity contribution in [2.24, 2.45) is 0 Å². The first-order chi connectivity index (χ1) is 21.5. The molecule has 4 aromatic rings. The topological polar surface area (TPSA) is 86.8 Å². The quantitative estimate of drug-likeness (QED) is 0.190. The molecule has 0 saturated carbocycles. The number of hydrogen-bond acceptors (Lipinski definition) is 4. The summed E-state index contributed by atoms with van der Waals surface area (Å²) < 4.78 is 29.8. The number of nitrogens with zero attached hydrogens (tertiary/aromatic N) is 2. The molecule has 0 radical (unpaired) electrons. The summed E-state index contributed by atoms with van der Waals surface area (Å²) >= 11 is 0. The number of carbonyl (C=O) groups is 2. The number of rotatable bonds is 13. The highest BCUT2D eigenvalue weighted by molar-refractivity contribution is 7.92. The minimum atomic E-state index is -4.15. The molecule has 7 nitrogen and oxygen atoms in total. The molecule has 0 aromatic heterocycles. The second kappa shape index (κ2) is 15.0. The Kier molecular flexibility index (Phi) is 11.2. The zero-order valence-corrected chi connectivity index (χ0v) is 27.6. The van der Waals surface area contributed by atoms with Gasteiger partial charge in [0.25, 0.3) is 10.0 Å². The Balaban J connectivity index is 1.83. The van der Waals surface area contributed by atoms with E-state index in [9.17, 15) is 18.0 Å². The first-order valence-electron chi connectivity index (χ1n) is 15.3. The van der Waals surface area contributed by atoms with Gasteiger partial charge < -0.3 is 10.2 Å². The predicted octanol–water partition coefficient (Wildman–Crippen LogP) is 6.28. The summed E-state index contributed by atoms with van der Waals surface area (Å²) in [5, 5.41) is 2.99. The smallest absolute Gasteiger partial charge is 0.264 e. The molecular weight excluding hydrogens is 582 g/mol. The van der Waals surface area contributed by atoms with Crippen LogP contribution in [0.2, 0.25) is 0 Å². The van der Waals surface area contributed by atoms with Crippen molar-refractivity contribution in [2.45, 2.75) is 64.9 Å². The van der Waals surface area contributed by atoms with E-state index in [4.69, 9.17) is 0 Å². The van der Waals surface area contributed by atoms with E-state index in [1.807, 2.05) is 101 Å². The number of nitrogens with one attached hydrogen (secondary N) is 1. The summed E-state index contributed by atoms with van der Waals surface area (Å²) in [6.07, 6.45) is 1.02. The zero-order valence-electron chi connectivity index (χ0n) is 26.8. The number of amides is 2. The average Bonchev–Trinajstić information content (AvgIpc) is 3.03. The Hall–Kier alpha value is -4.43. The summed E-state index contributed by atoms with van der Waals surface area (Å²) in [5.74, 6) is -0.746. The third kappa shape index (κ3) is 8.39. The highest BCUT2D eigenvalue weighted by Crippen LogP contribution is 2.29. The van der Waals surface area contributed by atoms with Crippen molar-refractivity contribution >= 4 is 27.5 Å². The highest BCUT2D eigenvalue weighted by Gasteiger charge is 2.35. The molecule has 2 amide bonds. The van der Waals surface area contributed by atoms with Crippen molar-refractivity contribution in [2.75, 3.05) is 17.4 Å². The van der Waals surface area contributed by atoms with Crippen LogP contribution in [-0.2, 0) is 32.6 Å². The second-order valence-corrected chi connectivity index (χ2v) is 13.4. The Labute approximate surface area is 268 Å². The van der Waals surface area contributed by atoms with Crippen molar-refractivity contribution in [1.29, 1.82) is 0 Å². The maximum Gasteiger partial charge on any atom is 0.264 e. The molecule has 0 fully saturated rings. The number of sulfonamides is 1. The molecule has 0 unspecified atom stereocenters. The van der Waals surface area contributed by atoms with Gasteiger partial charge in [-0.3, -0.25) is 13.9 Å². The average molecular weight is 626 g/mol. The van der Waals surface area contributed by atoms with Gasteiger partial charge in [-0.05, 0) is 80.1 Å². The van der Waals surface area contributed by atoms with Crippen LogP contribution < -0.4 is 9.62 Å². The lowest BCUT2D eigenvalue weighted by molar-refractivity contribution is -0.140. The second-order valence-electron chi connectivity index (χ2n) is 11.6. The molecule has 0 aliphatic carbocycles. The number of aryl methyl sites for hydroxylation is 4. The van der Waals surface area contributed by atoms with Crippen molar-refractivity contribution in [3.05, 3.63) is 130 Å². The molecule has 0 spiro atoms. The molecule has 236 valence electrons. The molecule has 4 rings (SSSR count). The highest BCUT2D eigenvalue weighted by atomic mass is 32.2. The van der Waals surface area contributed by atoms with Crippen LogP contribution in [0.1, 0.15) is 46.7 Å².